The summed E-state index contributed by atoms with van der Waals surface area (Å²) in [7, 11) is 0. The second-order valence-electron chi connectivity index (χ2n) is 6.84. The molecule has 0 saturated heterocycles. The number of fused-ring (bicyclic) bond motifs is 1. The van der Waals surface area contributed by atoms with Crippen LogP contribution in [0, 0.1) is 13.8 Å². The molecule has 1 amide bonds. The fraction of sp³-hybridized carbons (Fsp3) is 0.350. The van der Waals surface area contributed by atoms with E-state index < -0.39 is 0 Å². The van der Waals surface area contributed by atoms with Crippen molar-refractivity contribution in [1.29, 1.82) is 0 Å². The number of nitrogens with one attached hydrogen (secondary N) is 1. The molecule has 0 aliphatic rings. The van der Waals surface area contributed by atoms with Gasteiger partial charge in [0, 0.05) is 54.4 Å². The van der Waals surface area contributed by atoms with Crippen LogP contribution in [0.1, 0.15) is 41.3 Å². The molecular weight excluding hydrogens is 368 g/mol. The summed E-state index contributed by atoms with van der Waals surface area (Å²) in [5.41, 5.74) is 5.85. The lowest BCUT2D eigenvalue weighted by Crippen LogP contribution is -2.23. The van der Waals surface area contributed by atoms with Crippen LogP contribution in [0.4, 0.5) is 0 Å². The summed E-state index contributed by atoms with van der Waals surface area (Å²) in [6.07, 6.45) is 5.33. The summed E-state index contributed by atoms with van der Waals surface area (Å²) in [6.45, 7) is 10.1. The molecule has 0 aliphatic heterocycles. The Morgan fingerprint density at radius 1 is 1.07 bits per heavy atom. The Morgan fingerprint density at radius 2 is 1.79 bits per heavy atom. The number of aryl methyl sites for hydroxylation is 2. The number of aromatic nitrogens is 7. The van der Waals surface area contributed by atoms with E-state index in [-0.39, 0.29) is 5.91 Å². The second kappa shape index (κ2) is 7.50. The lowest BCUT2D eigenvalue weighted by molar-refractivity contribution is 0.0945. The Bertz CT molecular complexity index is 1180. The molecule has 1 N–H and O–H groups in total. The van der Waals surface area contributed by atoms with Crippen molar-refractivity contribution in [2.24, 2.45) is 0 Å². The standard InChI is InChI=1S/C20H24N8O/c1-5-26-13(3)15(11-23-26)10-22-20(29)17-9-19-21-8-7-18(28(19)25-17)16-12-24-27(6-2)14(16)4/h7-9,11-12H,5-6,10H2,1-4H3,(H,22,29). The molecule has 0 saturated carbocycles. The van der Waals surface area contributed by atoms with Crippen LogP contribution >= 0.6 is 0 Å². The maximum Gasteiger partial charge on any atom is 0.272 e. The molecule has 9 nitrogen and oxygen atoms in total. The van der Waals surface area contributed by atoms with Gasteiger partial charge in [-0.3, -0.25) is 14.2 Å². The molecule has 0 bridgehead atoms. The molecule has 0 aromatic carbocycles. The summed E-state index contributed by atoms with van der Waals surface area (Å²) in [6, 6.07) is 3.58. The monoisotopic (exact) mass is 392 g/mol. The van der Waals surface area contributed by atoms with Gasteiger partial charge in [-0.05, 0) is 33.8 Å². The van der Waals surface area contributed by atoms with Gasteiger partial charge >= 0.3 is 0 Å². The second-order valence-corrected chi connectivity index (χ2v) is 6.84. The molecule has 0 spiro atoms. The summed E-state index contributed by atoms with van der Waals surface area (Å²) >= 11 is 0. The number of rotatable bonds is 6. The Kier molecular flexibility index (Phi) is 4.87. The first-order valence-electron chi connectivity index (χ1n) is 9.70. The van der Waals surface area contributed by atoms with Crippen LogP contribution in [0.2, 0.25) is 0 Å². The third-order valence-corrected chi connectivity index (χ3v) is 5.21. The predicted octanol–water partition coefficient (Wildman–Crippen LogP) is 2.38. The van der Waals surface area contributed by atoms with Crippen LogP contribution in [-0.2, 0) is 19.6 Å². The first-order chi connectivity index (χ1) is 14.0. The van der Waals surface area contributed by atoms with Crippen molar-refractivity contribution in [2.75, 3.05) is 0 Å². The van der Waals surface area contributed by atoms with Gasteiger partial charge in [0.05, 0.1) is 18.1 Å². The van der Waals surface area contributed by atoms with E-state index in [1.165, 1.54) is 0 Å². The highest BCUT2D eigenvalue weighted by atomic mass is 16.1. The van der Waals surface area contributed by atoms with E-state index in [0.717, 1.165) is 41.3 Å². The molecule has 0 radical (unpaired) electrons. The third-order valence-electron chi connectivity index (χ3n) is 5.21. The van der Waals surface area contributed by atoms with Crippen molar-refractivity contribution >= 4 is 11.6 Å². The van der Waals surface area contributed by atoms with Crippen LogP contribution < -0.4 is 5.32 Å². The van der Waals surface area contributed by atoms with Gasteiger partial charge in [-0.2, -0.15) is 15.3 Å². The highest BCUT2D eigenvalue weighted by Gasteiger charge is 2.17. The maximum atomic E-state index is 12.7. The van der Waals surface area contributed by atoms with Gasteiger partial charge < -0.3 is 5.32 Å². The van der Waals surface area contributed by atoms with Crippen molar-refractivity contribution in [3.63, 3.8) is 0 Å². The van der Waals surface area contributed by atoms with Crippen molar-refractivity contribution in [2.45, 2.75) is 47.3 Å². The normalized spacial score (nSPS) is 11.3. The quantitative estimate of drug-likeness (QED) is 0.544. The molecule has 0 atom stereocenters. The fourth-order valence-electron chi connectivity index (χ4n) is 3.47. The number of nitrogens with zero attached hydrogens (tertiary/aromatic N) is 7. The van der Waals surface area contributed by atoms with Gasteiger partial charge in [0.15, 0.2) is 11.3 Å². The molecule has 150 valence electrons. The van der Waals surface area contributed by atoms with Gasteiger partial charge in [0.1, 0.15) is 0 Å². The lowest BCUT2D eigenvalue weighted by atomic mass is 10.2. The average Bonchev–Trinajstić information content (AvgIpc) is 3.42. The zero-order valence-corrected chi connectivity index (χ0v) is 17.0. The SMILES string of the molecule is CCn1ncc(CNC(=O)c2cc3nccc(-c4cnn(CC)c4C)n3n2)c1C. The van der Waals surface area contributed by atoms with Crippen LogP contribution in [0.15, 0.2) is 30.7 Å². The third kappa shape index (κ3) is 3.28. The molecule has 0 aliphatic carbocycles. The molecule has 4 aromatic rings. The molecular formula is C20H24N8O. The minimum Gasteiger partial charge on any atom is -0.346 e. The smallest absolute Gasteiger partial charge is 0.272 e. The fourth-order valence-corrected chi connectivity index (χ4v) is 3.47. The molecule has 0 unspecified atom stereocenters. The van der Waals surface area contributed by atoms with Crippen molar-refractivity contribution < 1.29 is 4.79 Å². The van der Waals surface area contributed by atoms with E-state index in [9.17, 15) is 4.79 Å². The summed E-state index contributed by atoms with van der Waals surface area (Å²) < 4.78 is 5.53. The molecule has 29 heavy (non-hydrogen) atoms. The number of amides is 1. The van der Waals surface area contributed by atoms with Crippen LogP contribution in [0.3, 0.4) is 0 Å². The van der Waals surface area contributed by atoms with Crippen LogP contribution in [0.5, 0.6) is 0 Å². The van der Waals surface area contributed by atoms with E-state index in [1.807, 2.05) is 49.3 Å². The van der Waals surface area contributed by atoms with Crippen molar-refractivity contribution in [3.8, 4) is 11.3 Å². The van der Waals surface area contributed by atoms with Crippen molar-refractivity contribution in [1.82, 2.24) is 39.5 Å². The minimum atomic E-state index is -0.244. The summed E-state index contributed by atoms with van der Waals surface area (Å²) in [4.78, 5) is 17.0. The lowest BCUT2D eigenvalue weighted by Gasteiger charge is -2.05. The first-order valence-corrected chi connectivity index (χ1v) is 9.70. The molecule has 9 heteroatoms. The average molecular weight is 392 g/mol. The highest BCUT2D eigenvalue weighted by Crippen LogP contribution is 2.23. The molecule has 4 heterocycles. The van der Waals surface area contributed by atoms with E-state index in [1.54, 1.807) is 23.0 Å². The van der Waals surface area contributed by atoms with Crippen LogP contribution in [-0.4, -0.2) is 40.1 Å². The van der Waals surface area contributed by atoms with Gasteiger partial charge in [0.25, 0.3) is 5.91 Å². The van der Waals surface area contributed by atoms with Gasteiger partial charge in [0.2, 0.25) is 0 Å². The van der Waals surface area contributed by atoms with Gasteiger partial charge in [-0.15, -0.1) is 0 Å². The number of hydrogen-bond acceptors (Lipinski definition) is 5. The van der Waals surface area contributed by atoms with Crippen molar-refractivity contribution in [3.05, 3.63) is 53.4 Å². The van der Waals surface area contributed by atoms with Gasteiger partial charge in [-0.1, -0.05) is 0 Å². The Hall–Kier alpha value is -3.49. The number of carbonyl (C=O) groups is 1. The van der Waals surface area contributed by atoms with E-state index >= 15 is 0 Å². The highest BCUT2D eigenvalue weighted by molar-refractivity contribution is 5.93. The van der Waals surface area contributed by atoms with Crippen LogP contribution in [0.25, 0.3) is 16.9 Å². The Labute approximate surface area is 168 Å². The molecule has 4 aromatic heterocycles. The Morgan fingerprint density at radius 3 is 2.48 bits per heavy atom. The zero-order valence-electron chi connectivity index (χ0n) is 17.0. The number of hydrogen-bond donors (Lipinski definition) is 1. The maximum absolute atomic E-state index is 12.7. The molecule has 0 fully saturated rings. The predicted molar refractivity (Wildman–Crippen MR) is 108 cm³/mol. The number of carbonyl (C=O) groups excluding carboxylic acids is 1. The Balaban J connectivity index is 1.61. The van der Waals surface area contributed by atoms with E-state index in [2.05, 4.69) is 25.6 Å². The van der Waals surface area contributed by atoms with Gasteiger partial charge in [-0.25, -0.2) is 9.50 Å². The first kappa shape index (κ1) is 18.9. The van der Waals surface area contributed by atoms with E-state index in [0.29, 0.717) is 17.9 Å². The topological polar surface area (TPSA) is 94.9 Å². The summed E-state index contributed by atoms with van der Waals surface area (Å²) in [5.74, 6) is -0.244. The molecule has 4 rings (SSSR count). The summed E-state index contributed by atoms with van der Waals surface area (Å²) in [5, 5.41) is 16.1. The largest absolute Gasteiger partial charge is 0.346 e. The minimum absolute atomic E-state index is 0.244. The van der Waals surface area contributed by atoms with E-state index in [4.69, 9.17) is 0 Å². The zero-order chi connectivity index (χ0) is 20.5.